The van der Waals surface area contributed by atoms with Gasteiger partial charge in [0, 0.05) is 16.7 Å². The average Bonchev–Trinajstić information content (AvgIpc) is 2.46. The van der Waals surface area contributed by atoms with Gasteiger partial charge in [-0.2, -0.15) is 11.8 Å². The van der Waals surface area contributed by atoms with Crippen LogP contribution in [0.2, 0.25) is 0 Å². The van der Waals surface area contributed by atoms with E-state index in [0.717, 1.165) is 37.1 Å². The summed E-state index contributed by atoms with van der Waals surface area (Å²) in [7, 11) is 0. The highest BCUT2D eigenvalue weighted by atomic mass is 32.2. The highest BCUT2D eigenvalue weighted by Crippen LogP contribution is 2.27. The third-order valence-corrected chi connectivity index (χ3v) is 5.61. The van der Waals surface area contributed by atoms with Crippen molar-refractivity contribution in [1.82, 2.24) is 5.32 Å². The molecule has 0 bridgehead atoms. The largest absolute Gasteiger partial charge is 0.409 e. The summed E-state index contributed by atoms with van der Waals surface area (Å²) in [6, 6.07) is 0.718. The van der Waals surface area contributed by atoms with Gasteiger partial charge in [0.1, 0.15) is 5.84 Å². The van der Waals surface area contributed by atoms with Gasteiger partial charge in [0.25, 0.3) is 0 Å². The number of amidine groups is 1. The zero-order valence-corrected chi connectivity index (χ0v) is 14.0. The minimum atomic E-state index is -0.203. The van der Waals surface area contributed by atoms with Gasteiger partial charge < -0.3 is 16.3 Å². The molecule has 1 rings (SSSR count). The highest BCUT2D eigenvalue weighted by Gasteiger charge is 2.23. The summed E-state index contributed by atoms with van der Waals surface area (Å²) in [6.45, 7) is 5.14. The molecular weight excluding hydrogens is 270 g/mol. The Labute approximate surface area is 127 Å². The number of unbranched alkanes of at least 4 members (excludes halogenated alkanes) is 1. The van der Waals surface area contributed by atoms with E-state index in [1.165, 1.54) is 25.7 Å². The molecule has 0 spiro atoms. The first-order valence-corrected chi connectivity index (χ1v) is 9.02. The van der Waals surface area contributed by atoms with Crippen LogP contribution >= 0.6 is 11.8 Å². The van der Waals surface area contributed by atoms with E-state index in [-0.39, 0.29) is 5.41 Å². The Balaban J connectivity index is 2.08. The lowest BCUT2D eigenvalue weighted by Gasteiger charge is -2.28. The predicted octanol–water partition coefficient (Wildman–Crippen LogP) is 3.19. The van der Waals surface area contributed by atoms with Crippen molar-refractivity contribution in [2.24, 2.45) is 16.3 Å². The number of hydrogen-bond donors (Lipinski definition) is 3. The first kappa shape index (κ1) is 17.6. The summed E-state index contributed by atoms with van der Waals surface area (Å²) in [5.41, 5.74) is 5.49. The number of nitrogens with one attached hydrogen (secondary N) is 1. The van der Waals surface area contributed by atoms with Crippen LogP contribution in [0.4, 0.5) is 0 Å². The molecule has 0 aliphatic heterocycles. The van der Waals surface area contributed by atoms with Gasteiger partial charge in [0.2, 0.25) is 0 Å². The number of nitrogens with zero attached hydrogens (tertiary/aromatic N) is 1. The second-order valence-electron chi connectivity index (χ2n) is 6.49. The molecule has 4 N–H and O–H groups in total. The van der Waals surface area contributed by atoms with E-state index in [1.807, 2.05) is 25.6 Å². The van der Waals surface area contributed by atoms with Crippen LogP contribution in [0.1, 0.15) is 58.8 Å². The normalized spacial score (nSPS) is 24.9. The Morgan fingerprint density at radius 2 is 1.95 bits per heavy atom. The smallest absolute Gasteiger partial charge is 0.144 e. The Morgan fingerprint density at radius 3 is 2.50 bits per heavy atom. The predicted molar refractivity (Wildman–Crippen MR) is 88.6 cm³/mol. The van der Waals surface area contributed by atoms with Crippen molar-refractivity contribution in [1.29, 1.82) is 0 Å². The van der Waals surface area contributed by atoms with E-state index in [1.54, 1.807) is 0 Å². The molecule has 118 valence electrons. The molecule has 0 radical (unpaired) electrons. The zero-order valence-electron chi connectivity index (χ0n) is 13.2. The van der Waals surface area contributed by atoms with Crippen LogP contribution in [-0.4, -0.2) is 35.1 Å². The maximum Gasteiger partial charge on any atom is 0.144 e. The second-order valence-corrected chi connectivity index (χ2v) is 7.63. The fourth-order valence-electron chi connectivity index (χ4n) is 2.76. The standard InChI is InChI=1S/C15H31N3OS/c1-15(2,14(16)18-19)10-4-5-11-17-12-6-8-13(20-3)9-7-12/h12-13,17,19H,4-11H2,1-3H3,(H2,16,18). The van der Waals surface area contributed by atoms with Gasteiger partial charge in [0.05, 0.1) is 0 Å². The van der Waals surface area contributed by atoms with Crippen LogP contribution in [0.15, 0.2) is 5.16 Å². The van der Waals surface area contributed by atoms with E-state index >= 15 is 0 Å². The van der Waals surface area contributed by atoms with Crippen LogP contribution < -0.4 is 11.1 Å². The molecule has 0 amide bonds. The fourth-order valence-corrected chi connectivity index (χ4v) is 3.51. The molecule has 0 aromatic heterocycles. The number of nitrogens with two attached hydrogens (primary N) is 1. The number of thioether (sulfide) groups is 1. The van der Waals surface area contributed by atoms with Gasteiger partial charge in [-0.15, -0.1) is 0 Å². The molecule has 0 aromatic rings. The van der Waals surface area contributed by atoms with E-state index in [9.17, 15) is 0 Å². The third-order valence-electron chi connectivity index (χ3n) is 4.47. The molecule has 1 saturated carbocycles. The Morgan fingerprint density at radius 1 is 1.30 bits per heavy atom. The van der Waals surface area contributed by atoms with E-state index in [2.05, 4.69) is 16.7 Å². The molecule has 0 aromatic carbocycles. The first-order valence-electron chi connectivity index (χ1n) is 7.74. The SMILES string of the molecule is CSC1CCC(NCCCCC(C)(C)C(N)=NO)CC1. The van der Waals surface area contributed by atoms with Gasteiger partial charge >= 0.3 is 0 Å². The topological polar surface area (TPSA) is 70.6 Å². The van der Waals surface area contributed by atoms with Gasteiger partial charge in [-0.05, 0) is 51.3 Å². The summed E-state index contributed by atoms with van der Waals surface area (Å²) >= 11 is 2.02. The lowest BCUT2D eigenvalue weighted by Crippen LogP contribution is -2.35. The maximum atomic E-state index is 8.73. The molecule has 0 saturated heterocycles. The molecule has 4 nitrogen and oxygen atoms in total. The molecule has 0 heterocycles. The molecular formula is C15H31N3OS. The minimum absolute atomic E-state index is 0.203. The summed E-state index contributed by atoms with van der Waals surface area (Å²) in [4.78, 5) is 0. The van der Waals surface area contributed by atoms with Crippen LogP contribution in [0.25, 0.3) is 0 Å². The van der Waals surface area contributed by atoms with Crippen molar-refractivity contribution in [2.75, 3.05) is 12.8 Å². The molecule has 0 atom stereocenters. The number of rotatable bonds is 8. The third kappa shape index (κ3) is 5.92. The van der Waals surface area contributed by atoms with Crippen molar-refractivity contribution in [3.8, 4) is 0 Å². The van der Waals surface area contributed by atoms with Crippen molar-refractivity contribution in [2.45, 2.75) is 70.1 Å². The Kier molecular flexibility index (Phi) is 7.74. The lowest BCUT2D eigenvalue weighted by molar-refractivity contribution is 0.303. The second kappa shape index (κ2) is 8.78. The number of oxime groups is 1. The van der Waals surface area contributed by atoms with Crippen molar-refractivity contribution in [3.05, 3.63) is 0 Å². The summed E-state index contributed by atoms with van der Waals surface area (Å²) in [5, 5.41) is 16.4. The summed E-state index contributed by atoms with van der Waals surface area (Å²) < 4.78 is 0. The van der Waals surface area contributed by atoms with E-state index in [0.29, 0.717) is 5.84 Å². The molecule has 5 heteroatoms. The maximum absolute atomic E-state index is 8.73. The quantitative estimate of drug-likeness (QED) is 0.212. The molecule has 0 unspecified atom stereocenters. The molecule has 1 aliphatic rings. The van der Waals surface area contributed by atoms with Gasteiger partial charge in [0.15, 0.2) is 0 Å². The summed E-state index contributed by atoms with van der Waals surface area (Å²) in [6.07, 6.45) is 10.8. The molecule has 1 aliphatic carbocycles. The zero-order chi connectivity index (χ0) is 15.0. The van der Waals surface area contributed by atoms with E-state index < -0.39 is 0 Å². The van der Waals surface area contributed by atoms with Crippen LogP contribution in [-0.2, 0) is 0 Å². The highest BCUT2D eigenvalue weighted by molar-refractivity contribution is 7.99. The van der Waals surface area contributed by atoms with Gasteiger partial charge in [-0.25, -0.2) is 0 Å². The van der Waals surface area contributed by atoms with Crippen LogP contribution in [0, 0.1) is 5.41 Å². The average molecular weight is 302 g/mol. The molecule has 1 fully saturated rings. The van der Waals surface area contributed by atoms with Crippen LogP contribution in [0.3, 0.4) is 0 Å². The van der Waals surface area contributed by atoms with E-state index in [4.69, 9.17) is 10.9 Å². The minimum Gasteiger partial charge on any atom is -0.409 e. The Hall–Kier alpha value is -0.420. The molecule has 20 heavy (non-hydrogen) atoms. The monoisotopic (exact) mass is 301 g/mol. The fraction of sp³-hybridized carbons (Fsp3) is 0.933. The Bertz CT molecular complexity index is 299. The van der Waals surface area contributed by atoms with Gasteiger partial charge in [-0.1, -0.05) is 25.4 Å². The van der Waals surface area contributed by atoms with Crippen LogP contribution in [0.5, 0.6) is 0 Å². The van der Waals surface area contributed by atoms with Gasteiger partial charge in [-0.3, -0.25) is 0 Å². The van der Waals surface area contributed by atoms with Crippen molar-refractivity contribution >= 4 is 17.6 Å². The number of hydrogen-bond acceptors (Lipinski definition) is 4. The summed E-state index contributed by atoms with van der Waals surface area (Å²) in [5.74, 6) is 0.334. The van der Waals surface area contributed by atoms with Crippen molar-refractivity contribution < 1.29 is 5.21 Å². The lowest BCUT2D eigenvalue weighted by atomic mass is 9.86. The first-order chi connectivity index (χ1) is 9.49. The van der Waals surface area contributed by atoms with Crippen molar-refractivity contribution in [3.63, 3.8) is 0 Å².